The van der Waals surface area contributed by atoms with E-state index in [0.717, 1.165) is 15.9 Å². The second-order valence-electron chi connectivity index (χ2n) is 4.49. The van der Waals surface area contributed by atoms with Gasteiger partial charge in [-0.1, -0.05) is 28.1 Å². The Morgan fingerprint density at radius 2 is 1.95 bits per heavy atom. The summed E-state index contributed by atoms with van der Waals surface area (Å²) in [5.74, 6) is 0. The molecular formula is C15H13BrN2S. The number of aromatic nitrogens is 1. The van der Waals surface area contributed by atoms with Crippen LogP contribution >= 0.6 is 27.3 Å². The Balaban J connectivity index is 1.87. The lowest BCUT2D eigenvalue weighted by Crippen LogP contribution is -2.06. The number of hydrogen-bond donors (Lipinski definition) is 1. The van der Waals surface area contributed by atoms with Gasteiger partial charge < -0.3 is 5.32 Å². The zero-order valence-corrected chi connectivity index (χ0v) is 12.8. The highest BCUT2D eigenvalue weighted by Gasteiger charge is 2.07. The van der Waals surface area contributed by atoms with Crippen molar-refractivity contribution in [2.75, 3.05) is 5.32 Å². The molecule has 0 amide bonds. The van der Waals surface area contributed by atoms with E-state index < -0.39 is 0 Å². The fourth-order valence-corrected chi connectivity index (χ4v) is 3.09. The molecule has 1 N–H and O–H groups in total. The molecule has 1 heterocycles. The molecule has 0 saturated heterocycles. The molecule has 1 atom stereocenters. The maximum absolute atomic E-state index is 4.34. The highest BCUT2D eigenvalue weighted by molar-refractivity contribution is 9.10. The summed E-state index contributed by atoms with van der Waals surface area (Å²) < 4.78 is 1.11. The number of nitrogens with zero attached hydrogens (tertiary/aromatic N) is 1. The van der Waals surface area contributed by atoms with Crippen LogP contribution in [0.25, 0.3) is 10.8 Å². The summed E-state index contributed by atoms with van der Waals surface area (Å²) in [5.41, 5.74) is 4.07. The van der Waals surface area contributed by atoms with Gasteiger partial charge in [-0.3, -0.25) is 0 Å². The molecule has 0 bridgehead atoms. The third-order valence-electron chi connectivity index (χ3n) is 3.08. The average molecular weight is 333 g/mol. The minimum Gasteiger partial charge on any atom is -0.377 e. The summed E-state index contributed by atoms with van der Waals surface area (Å²) in [6, 6.07) is 13.0. The molecule has 3 rings (SSSR count). The number of halogens is 1. The molecule has 0 radical (unpaired) electrons. The number of hydrogen-bond acceptors (Lipinski definition) is 3. The molecule has 0 saturated carbocycles. The summed E-state index contributed by atoms with van der Waals surface area (Å²) in [5, 5.41) is 8.03. The standard InChI is InChI=1S/C15H13BrN2S/c1-10(15-8-19-9-17-15)18-14-5-3-11-6-13(16)4-2-12(11)7-14/h2-10,18H,1H3. The van der Waals surface area contributed by atoms with Gasteiger partial charge in [-0.2, -0.15) is 0 Å². The van der Waals surface area contributed by atoms with Gasteiger partial charge in [-0.15, -0.1) is 11.3 Å². The highest BCUT2D eigenvalue weighted by atomic mass is 79.9. The zero-order valence-electron chi connectivity index (χ0n) is 10.4. The van der Waals surface area contributed by atoms with E-state index in [2.05, 4.69) is 74.9 Å². The second kappa shape index (κ2) is 5.31. The van der Waals surface area contributed by atoms with Crippen molar-refractivity contribution in [2.24, 2.45) is 0 Å². The molecule has 19 heavy (non-hydrogen) atoms. The summed E-state index contributed by atoms with van der Waals surface area (Å²) in [6.07, 6.45) is 0. The molecule has 0 aliphatic rings. The Morgan fingerprint density at radius 3 is 2.74 bits per heavy atom. The normalized spacial score (nSPS) is 12.5. The van der Waals surface area contributed by atoms with E-state index in [1.807, 2.05) is 5.51 Å². The van der Waals surface area contributed by atoms with Crippen LogP contribution in [0.5, 0.6) is 0 Å². The minimum absolute atomic E-state index is 0.221. The van der Waals surface area contributed by atoms with Gasteiger partial charge in [-0.25, -0.2) is 4.98 Å². The van der Waals surface area contributed by atoms with Gasteiger partial charge in [0.1, 0.15) is 0 Å². The number of benzene rings is 2. The molecule has 0 fully saturated rings. The third-order valence-corrected chi connectivity index (χ3v) is 4.18. The van der Waals surface area contributed by atoms with E-state index in [1.54, 1.807) is 11.3 Å². The van der Waals surface area contributed by atoms with Crippen LogP contribution in [-0.2, 0) is 0 Å². The largest absolute Gasteiger partial charge is 0.377 e. The van der Waals surface area contributed by atoms with Crippen molar-refractivity contribution in [3.63, 3.8) is 0 Å². The van der Waals surface area contributed by atoms with Crippen molar-refractivity contribution in [1.82, 2.24) is 4.98 Å². The van der Waals surface area contributed by atoms with Gasteiger partial charge in [0.25, 0.3) is 0 Å². The number of nitrogens with one attached hydrogen (secondary N) is 1. The Bertz CT molecular complexity index is 694. The lowest BCUT2D eigenvalue weighted by atomic mass is 10.1. The number of rotatable bonds is 3. The lowest BCUT2D eigenvalue weighted by Gasteiger charge is -2.13. The lowest BCUT2D eigenvalue weighted by molar-refractivity contribution is 0.850. The van der Waals surface area contributed by atoms with E-state index in [-0.39, 0.29) is 6.04 Å². The number of fused-ring (bicyclic) bond motifs is 1. The SMILES string of the molecule is CC(Nc1ccc2cc(Br)ccc2c1)c1cscn1. The molecule has 4 heteroatoms. The fourth-order valence-electron chi connectivity index (χ4n) is 2.07. The Kier molecular flexibility index (Phi) is 3.53. The molecule has 1 aromatic heterocycles. The topological polar surface area (TPSA) is 24.9 Å². The van der Waals surface area contributed by atoms with Crippen molar-refractivity contribution in [3.8, 4) is 0 Å². The van der Waals surface area contributed by atoms with Gasteiger partial charge in [0.05, 0.1) is 17.2 Å². The van der Waals surface area contributed by atoms with Gasteiger partial charge in [0.15, 0.2) is 0 Å². The van der Waals surface area contributed by atoms with Crippen LogP contribution in [0.2, 0.25) is 0 Å². The van der Waals surface area contributed by atoms with E-state index in [0.29, 0.717) is 0 Å². The predicted octanol–water partition coefficient (Wildman–Crippen LogP) is 5.23. The van der Waals surface area contributed by atoms with Crippen molar-refractivity contribution >= 4 is 43.7 Å². The van der Waals surface area contributed by atoms with Crippen LogP contribution in [-0.4, -0.2) is 4.98 Å². The second-order valence-corrected chi connectivity index (χ2v) is 6.12. The smallest absolute Gasteiger partial charge is 0.0795 e. The van der Waals surface area contributed by atoms with E-state index in [4.69, 9.17) is 0 Å². The number of thiazole rings is 1. The van der Waals surface area contributed by atoms with Gasteiger partial charge in [-0.05, 0) is 42.0 Å². The van der Waals surface area contributed by atoms with Crippen molar-refractivity contribution in [3.05, 3.63) is 57.5 Å². The number of anilines is 1. The van der Waals surface area contributed by atoms with Crippen molar-refractivity contribution in [1.29, 1.82) is 0 Å². The van der Waals surface area contributed by atoms with E-state index >= 15 is 0 Å². The van der Waals surface area contributed by atoms with Crippen molar-refractivity contribution in [2.45, 2.75) is 13.0 Å². The average Bonchev–Trinajstić information content (AvgIpc) is 2.93. The minimum atomic E-state index is 0.221. The fraction of sp³-hybridized carbons (Fsp3) is 0.133. The first kappa shape index (κ1) is 12.6. The van der Waals surface area contributed by atoms with Gasteiger partial charge in [0, 0.05) is 15.5 Å². The van der Waals surface area contributed by atoms with Gasteiger partial charge >= 0.3 is 0 Å². The quantitative estimate of drug-likeness (QED) is 0.710. The van der Waals surface area contributed by atoms with Crippen molar-refractivity contribution < 1.29 is 0 Å². The molecule has 0 aliphatic heterocycles. The molecule has 1 unspecified atom stereocenters. The monoisotopic (exact) mass is 332 g/mol. The molecule has 0 aliphatic carbocycles. The van der Waals surface area contributed by atoms with Crippen LogP contribution in [0.15, 0.2) is 51.8 Å². The third kappa shape index (κ3) is 2.80. The Labute approximate surface area is 124 Å². The van der Waals surface area contributed by atoms with Crippen LogP contribution < -0.4 is 5.32 Å². The summed E-state index contributed by atoms with van der Waals surface area (Å²) in [6.45, 7) is 2.13. The van der Waals surface area contributed by atoms with Crippen LogP contribution in [0.3, 0.4) is 0 Å². The maximum atomic E-state index is 4.34. The molecule has 2 nitrogen and oxygen atoms in total. The molecule has 96 valence electrons. The van der Waals surface area contributed by atoms with E-state index in [1.165, 1.54) is 10.8 Å². The highest BCUT2D eigenvalue weighted by Crippen LogP contribution is 2.25. The molecule has 2 aromatic carbocycles. The Hall–Kier alpha value is -1.39. The summed E-state index contributed by atoms with van der Waals surface area (Å²) in [4.78, 5) is 4.34. The van der Waals surface area contributed by atoms with Crippen LogP contribution in [0.4, 0.5) is 5.69 Å². The Morgan fingerprint density at radius 1 is 1.16 bits per heavy atom. The maximum Gasteiger partial charge on any atom is 0.0795 e. The van der Waals surface area contributed by atoms with Crippen LogP contribution in [0.1, 0.15) is 18.7 Å². The first-order valence-corrected chi connectivity index (χ1v) is 7.80. The molecule has 0 spiro atoms. The molecular weight excluding hydrogens is 320 g/mol. The van der Waals surface area contributed by atoms with Crippen LogP contribution in [0, 0.1) is 0 Å². The zero-order chi connectivity index (χ0) is 13.2. The molecule has 3 aromatic rings. The summed E-state index contributed by atoms with van der Waals surface area (Å²) in [7, 11) is 0. The van der Waals surface area contributed by atoms with Gasteiger partial charge in [0.2, 0.25) is 0 Å². The first-order valence-electron chi connectivity index (χ1n) is 6.06. The first-order chi connectivity index (χ1) is 9.22. The predicted molar refractivity (Wildman–Crippen MR) is 85.8 cm³/mol. The summed E-state index contributed by atoms with van der Waals surface area (Å²) >= 11 is 5.12. The van der Waals surface area contributed by atoms with E-state index in [9.17, 15) is 0 Å².